The van der Waals surface area contributed by atoms with Gasteiger partial charge in [0, 0.05) is 5.41 Å². The molecule has 0 rings (SSSR count). The maximum atomic E-state index is 10.8. The molecule has 2 nitrogen and oxygen atoms in total. The fourth-order valence-corrected chi connectivity index (χ4v) is 1.45. The molecule has 1 unspecified atom stereocenters. The van der Waals surface area contributed by atoms with Gasteiger partial charge >= 0.3 is 0 Å². The van der Waals surface area contributed by atoms with Crippen molar-refractivity contribution >= 4 is 6.29 Å². The summed E-state index contributed by atoms with van der Waals surface area (Å²) < 4.78 is 0. The van der Waals surface area contributed by atoms with E-state index >= 15 is 0 Å². The Bertz CT molecular complexity index is 128. The van der Waals surface area contributed by atoms with Crippen LogP contribution in [0.2, 0.25) is 0 Å². The zero-order valence-electron chi connectivity index (χ0n) is 8.88. The zero-order valence-corrected chi connectivity index (χ0v) is 8.88. The highest BCUT2D eigenvalue weighted by molar-refractivity contribution is 5.59. The van der Waals surface area contributed by atoms with E-state index in [1.807, 2.05) is 6.92 Å². The molecule has 0 aromatic rings. The second-order valence-corrected chi connectivity index (χ2v) is 3.80. The van der Waals surface area contributed by atoms with E-state index in [1.165, 1.54) is 19.3 Å². The summed E-state index contributed by atoms with van der Waals surface area (Å²) in [5.41, 5.74) is -0.451. The molecule has 0 saturated heterocycles. The maximum Gasteiger partial charge on any atom is 0.128 e. The van der Waals surface area contributed by atoms with E-state index in [1.54, 1.807) is 0 Å². The number of aliphatic hydroxyl groups is 1. The van der Waals surface area contributed by atoms with Crippen molar-refractivity contribution in [1.82, 2.24) is 0 Å². The van der Waals surface area contributed by atoms with Gasteiger partial charge in [0.15, 0.2) is 0 Å². The van der Waals surface area contributed by atoms with Crippen LogP contribution in [0.4, 0.5) is 0 Å². The minimum Gasteiger partial charge on any atom is -0.395 e. The molecule has 0 amide bonds. The van der Waals surface area contributed by atoms with Gasteiger partial charge in [-0.2, -0.15) is 0 Å². The Morgan fingerprint density at radius 3 is 2.31 bits per heavy atom. The third-order valence-electron chi connectivity index (χ3n) is 2.80. The highest BCUT2D eigenvalue weighted by atomic mass is 16.3. The quantitative estimate of drug-likeness (QED) is 0.467. The molecule has 1 atom stereocenters. The van der Waals surface area contributed by atoms with Crippen molar-refractivity contribution < 1.29 is 9.90 Å². The molecule has 0 fully saturated rings. The third-order valence-corrected chi connectivity index (χ3v) is 2.80. The Hall–Kier alpha value is -0.370. The smallest absolute Gasteiger partial charge is 0.128 e. The minimum absolute atomic E-state index is 0.000868. The van der Waals surface area contributed by atoms with Crippen molar-refractivity contribution in [3.8, 4) is 0 Å². The first-order valence-corrected chi connectivity index (χ1v) is 5.32. The fraction of sp³-hybridized carbons (Fsp3) is 0.909. The van der Waals surface area contributed by atoms with Crippen molar-refractivity contribution in [1.29, 1.82) is 0 Å². The van der Waals surface area contributed by atoms with Gasteiger partial charge < -0.3 is 9.90 Å². The third kappa shape index (κ3) is 4.41. The van der Waals surface area contributed by atoms with Gasteiger partial charge in [-0.1, -0.05) is 39.5 Å². The molecule has 13 heavy (non-hydrogen) atoms. The van der Waals surface area contributed by atoms with Crippen LogP contribution in [0, 0.1) is 5.41 Å². The molecule has 0 aliphatic rings. The number of carbonyl (C=O) groups excluding carboxylic acids is 1. The Kier molecular flexibility index (Phi) is 6.87. The summed E-state index contributed by atoms with van der Waals surface area (Å²) in [6.45, 7) is 4.13. The molecule has 0 aromatic heterocycles. The number of rotatable bonds is 8. The normalized spacial score (nSPS) is 15.3. The molecular weight excluding hydrogens is 164 g/mol. The van der Waals surface area contributed by atoms with Gasteiger partial charge in [-0.05, 0) is 12.8 Å². The van der Waals surface area contributed by atoms with Crippen molar-refractivity contribution in [2.24, 2.45) is 5.41 Å². The predicted octanol–water partition coefficient (Wildman–Crippen LogP) is 2.54. The summed E-state index contributed by atoms with van der Waals surface area (Å²) >= 11 is 0. The molecule has 1 N–H and O–H groups in total. The van der Waals surface area contributed by atoms with Crippen molar-refractivity contribution in [2.45, 2.75) is 52.4 Å². The lowest BCUT2D eigenvalue weighted by Crippen LogP contribution is -2.26. The summed E-state index contributed by atoms with van der Waals surface area (Å²) in [6.07, 6.45) is 7.18. The molecule has 0 radical (unpaired) electrons. The van der Waals surface area contributed by atoms with E-state index in [0.29, 0.717) is 0 Å². The highest BCUT2D eigenvalue weighted by Gasteiger charge is 2.25. The van der Waals surface area contributed by atoms with Crippen LogP contribution in [0.3, 0.4) is 0 Å². The summed E-state index contributed by atoms with van der Waals surface area (Å²) in [5.74, 6) is 0. The summed E-state index contributed by atoms with van der Waals surface area (Å²) in [4.78, 5) is 10.8. The molecule has 2 heteroatoms. The SMILES string of the molecule is CCCCCCC(C=O)(CC)CO. The summed E-state index contributed by atoms with van der Waals surface area (Å²) in [7, 11) is 0. The second kappa shape index (κ2) is 7.07. The molecule has 78 valence electrons. The Labute approximate surface area is 81.3 Å². The van der Waals surface area contributed by atoms with Crippen LogP contribution < -0.4 is 0 Å². The minimum atomic E-state index is -0.451. The topological polar surface area (TPSA) is 37.3 Å². The van der Waals surface area contributed by atoms with Gasteiger partial charge in [-0.15, -0.1) is 0 Å². The molecule has 0 aliphatic carbocycles. The largest absolute Gasteiger partial charge is 0.395 e. The molecular formula is C11H22O2. The predicted molar refractivity (Wildman–Crippen MR) is 54.6 cm³/mol. The molecule has 0 bridgehead atoms. The highest BCUT2D eigenvalue weighted by Crippen LogP contribution is 2.25. The lowest BCUT2D eigenvalue weighted by atomic mass is 9.82. The Morgan fingerprint density at radius 2 is 1.92 bits per heavy atom. The van der Waals surface area contributed by atoms with Crippen LogP contribution in [0.5, 0.6) is 0 Å². The van der Waals surface area contributed by atoms with Gasteiger partial charge in [-0.3, -0.25) is 0 Å². The van der Waals surface area contributed by atoms with Gasteiger partial charge in [0.2, 0.25) is 0 Å². The van der Waals surface area contributed by atoms with Gasteiger partial charge in [0.1, 0.15) is 6.29 Å². The number of aliphatic hydroxyl groups excluding tert-OH is 1. The monoisotopic (exact) mass is 186 g/mol. The Balaban J connectivity index is 3.75. The van der Waals surface area contributed by atoms with Crippen molar-refractivity contribution in [2.75, 3.05) is 6.61 Å². The molecule has 0 saturated carbocycles. The number of carbonyl (C=O) groups is 1. The van der Waals surface area contributed by atoms with E-state index < -0.39 is 5.41 Å². The van der Waals surface area contributed by atoms with Crippen LogP contribution in [0.25, 0.3) is 0 Å². The lowest BCUT2D eigenvalue weighted by Gasteiger charge is -2.23. The zero-order chi connectivity index (χ0) is 10.2. The van der Waals surface area contributed by atoms with Crippen molar-refractivity contribution in [3.63, 3.8) is 0 Å². The second-order valence-electron chi connectivity index (χ2n) is 3.80. The van der Waals surface area contributed by atoms with Crippen LogP contribution >= 0.6 is 0 Å². The van der Waals surface area contributed by atoms with Crippen molar-refractivity contribution in [3.05, 3.63) is 0 Å². The Morgan fingerprint density at radius 1 is 1.23 bits per heavy atom. The van der Waals surface area contributed by atoms with Crippen LogP contribution in [-0.4, -0.2) is 18.0 Å². The number of hydrogen-bond acceptors (Lipinski definition) is 2. The summed E-state index contributed by atoms with van der Waals surface area (Å²) in [6, 6.07) is 0. The van der Waals surface area contributed by atoms with Gasteiger partial charge in [-0.25, -0.2) is 0 Å². The lowest BCUT2D eigenvalue weighted by molar-refractivity contribution is -0.119. The van der Waals surface area contributed by atoms with Crippen LogP contribution in [0.1, 0.15) is 52.4 Å². The van der Waals surface area contributed by atoms with E-state index in [9.17, 15) is 4.79 Å². The van der Waals surface area contributed by atoms with E-state index in [0.717, 1.165) is 25.5 Å². The average Bonchev–Trinajstić information content (AvgIpc) is 2.20. The van der Waals surface area contributed by atoms with Gasteiger partial charge in [0.05, 0.1) is 6.61 Å². The standard InChI is InChI=1S/C11H22O2/c1-3-5-6-7-8-11(4-2,9-12)10-13/h9,13H,3-8,10H2,1-2H3. The first-order chi connectivity index (χ1) is 6.24. The van der Waals surface area contributed by atoms with Crippen LogP contribution in [0.15, 0.2) is 0 Å². The molecule has 0 aliphatic heterocycles. The first-order valence-electron chi connectivity index (χ1n) is 5.32. The number of hydrogen-bond donors (Lipinski definition) is 1. The fourth-order valence-electron chi connectivity index (χ4n) is 1.45. The molecule has 0 aromatic carbocycles. The first kappa shape index (κ1) is 12.6. The van der Waals surface area contributed by atoms with E-state index in [-0.39, 0.29) is 6.61 Å². The number of aldehydes is 1. The van der Waals surface area contributed by atoms with E-state index in [2.05, 4.69) is 6.92 Å². The van der Waals surface area contributed by atoms with Crippen LogP contribution in [-0.2, 0) is 4.79 Å². The maximum absolute atomic E-state index is 10.8. The molecule has 0 spiro atoms. The molecule has 0 heterocycles. The number of unbranched alkanes of at least 4 members (excludes halogenated alkanes) is 3. The van der Waals surface area contributed by atoms with E-state index in [4.69, 9.17) is 5.11 Å². The summed E-state index contributed by atoms with van der Waals surface area (Å²) in [5, 5.41) is 9.10. The average molecular weight is 186 g/mol. The van der Waals surface area contributed by atoms with Gasteiger partial charge in [0.25, 0.3) is 0 Å².